The lowest BCUT2D eigenvalue weighted by atomic mass is 10.1. The van der Waals surface area contributed by atoms with Gasteiger partial charge < -0.3 is 10.2 Å². The number of hydrogen-bond donors (Lipinski definition) is 1. The zero-order valence-corrected chi connectivity index (χ0v) is 21.9. The van der Waals surface area contributed by atoms with E-state index in [4.69, 9.17) is 11.6 Å². The smallest absolute Gasteiger partial charge is 0.264 e. The number of nitrogens with one attached hydrogen (secondary N) is 1. The second kappa shape index (κ2) is 12.6. The van der Waals surface area contributed by atoms with Crippen LogP contribution in [0.2, 0.25) is 5.02 Å². The zero-order chi connectivity index (χ0) is 26.1. The summed E-state index contributed by atoms with van der Waals surface area (Å²) in [5, 5.41) is 3.33. The van der Waals surface area contributed by atoms with Crippen LogP contribution in [0.3, 0.4) is 0 Å². The van der Waals surface area contributed by atoms with Gasteiger partial charge in [-0.2, -0.15) is 0 Å². The lowest BCUT2D eigenvalue weighted by Crippen LogP contribution is -2.52. The summed E-state index contributed by atoms with van der Waals surface area (Å²) in [5.74, 6) is -0.786. The molecule has 2 amide bonds. The quantitative estimate of drug-likeness (QED) is 0.398. The number of para-hydroxylation sites is 1. The molecule has 1 N–H and O–H groups in total. The van der Waals surface area contributed by atoms with Gasteiger partial charge in [-0.1, -0.05) is 67.1 Å². The van der Waals surface area contributed by atoms with E-state index in [9.17, 15) is 18.0 Å². The van der Waals surface area contributed by atoms with Crippen LogP contribution in [0.5, 0.6) is 0 Å². The first-order chi connectivity index (χ1) is 17.3. The van der Waals surface area contributed by atoms with E-state index < -0.39 is 28.5 Å². The van der Waals surface area contributed by atoms with E-state index >= 15 is 0 Å². The Labute approximate surface area is 217 Å². The lowest BCUT2D eigenvalue weighted by Gasteiger charge is -2.33. The van der Waals surface area contributed by atoms with Crippen molar-refractivity contribution in [3.05, 3.63) is 95.5 Å². The van der Waals surface area contributed by atoms with Crippen molar-refractivity contribution < 1.29 is 18.0 Å². The maximum Gasteiger partial charge on any atom is 0.264 e. The average molecular weight is 528 g/mol. The summed E-state index contributed by atoms with van der Waals surface area (Å²) in [4.78, 5) is 28.2. The molecule has 3 aromatic rings. The highest BCUT2D eigenvalue weighted by molar-refractivity contribution is 7.92. The molecule has 0 bridgehead atoms. The van der Waals surface area contributed by atoms with Crippen molar-refractivity contribution in [2.24, 2.45) is 0 Å². The molecule has 7 nitrogen and oxygen atoms in total. The molecule has 0 heterocycles. The number of halogens is 1. The molecule has 0 aromatic heterocycles. The molecule has 9 heteroatoms. The van der Waals surface area contributed by atoms with Crippen LogP contribution in [0.4, 0.5) is 5.69 Å². The minimum atomic E-state index is -4.06. The SMILES string of the molecule is CCNC(=O)C(CC)N(Cc1ccc(Cl)cc1)C(=O)CN(c1ccccc1)S(=O)(=O)c1ccccc1. The molecule has 3 aromatic carbocycles. The molecule has 190 valence electrons. The van der Waals surface area contributed by atoms with E-state index in [1.165, 1.54) is 17.0 Å². The Morgan fingerprint density at radius 3 is 2.03 bits per heavy atom. The van der Waals surface area contributed by atoms with Gasteiger partial charge in [0.05, 0.1) is 10.6 Å². The van der Waals surface area contributed by atoms with Crippen LogP contribution in [0, 0.1) is 0 Å². The van der Waals surface area contributed by atoms with Crippen LogP contribution >= 0.6 is 11.6 Å². The highest BCUT2D eigenvalue weighted by Crippen LogP contribution is 2.24. The Balaban J connectivity index is 2.01. The number of nitrogens with zero attached hydrogens (tertiary/aromatic N) is 2. The van der Waals surface area contributed by atoms with Crippen molar-refractivity contribution in [3.8, 4) is 0 Å². The third-order valence-corrected chi connectivity index (χ3v) is 7.70. The molecule has 0 aliphatic heterocycles. The molecular weight excluding hydrogens is 498 g/mol. The number of carbonyl (C=O) groups excluding carboxylic acids is 2. The van der Waals surface area contributed by atoms with Gasteiger partial charge in [0.15, 0.2) is 0 Å². The van der Waals surface area contributed by atoms with Crippen molar-refractivity contribution in [1.82, 2.24) is 10.2 Å². The van der Waals surface area contributed by atoms with Crippen molar-refractivity contribution >= 4 is 39.1 Å². The van der Waals surface area contributed by atoms with E-state index in [0.717, 1.165) is 9.87 Å². The van der Waals surface area contributed by atoms with E-state index in [1.807, 2.05) is 6.92 Å². The van der Waals surface area contributed by atoms with Crippen LogP contribution in [0.25, 0.3) is 0 Å². The second-order valence-electron chi connectivity index (χ2n) is 8.13. The minimum Gasteiger partial charge on any atom is -0.355 e. The number of benzene rings is 3. The first-order valence-corrected chi connectivity index (χ1v) is 13.5. The van der Waals surface area contributed by atoms with Gasteiger partial charge in [0.25, 0.3) is 10.0 Å². The summed E-state index contributed by atoms with van der Waals surface area (Å²) in [6.07, 6.45) is 0.363. The van der Waals surface area contributed by atoms with Gasteiger partial charge in [0, 0.05) is 18.1 Å². The molecular formula is C27H30ClN3O4S. The molecule has 0 fully saturated rings. The third-order valence-electron chi connectivity index (χ3n) is 5.66. The average Bonchev–Trinajstić information content (AvgIpc) is 2.89. The van der Waals surface area contributed by atoms with Gasteiger partial charge in [-0.3, -0.25) is 13.9 Å². The minimum absolute atomic E-state index is 0.0710. The predicted molar refractivity (Wildman–Crippen MR) is 142 cm³/mol. The molecule has 0 aliphatic rings. The summed E-state index contributed by atoms with van der Waals surface area (Å²) in [6, 6.07) is 22.6. The van der Waals surface area contributed by atoms with Gasteiger partial charge in [0.1, 0.15) is 12.6 Å². The third kappa shape index (κ3) is 6.65. The Bertz CT molecular complexity index is 1250. The maximum absolute atomic E-state index is 13.8. The van der Waals surface area contributed by atoms with E-state index in [2.05, 4.69) is 5.32 Å². The molecule has 0 radical (unpaired) electrons. The Kier molecular flexibility index (Phi) is 9.50. The maximum atomic E-state index is 13.8. The monoisotopic (exact) mass is 527 g/mol. The number of sulfonamides is 1. The largest absolute Gasteiger partial charge is 0.355 e. The van der Waals surface area contributed by atoms with Crippen LogP contribution in [0.15, 0.2) is 89.8 Å². The highest BCUT2D eigenvalue weighted by atomic mass is 35.5. The molecule has 0 spiro atoms. The van der Waals surface area contributed by atoms with Gasteiger partial charge >= 0.3 is 0 Å². The fourth-order valence-corrected chi connectivity index (χ4v) is 5.40. The number of carbonyl (C=O) groups is 2. The molecule has 1 atom stereocenters. The second-order valence-corrected chi connectivity index (χ2v) is 10.4. The highest BCUT2D eigenvalue weighted by Gasteiger charge is 2.33. The molecule has 1 unspecified atom stereocenters. The van der Waals surface area contributed by atoms with E-state index in [0.29, 0.717) is 23.7 Å². The predicted octanol–water partition coefficient (Wildman–Crippen LogP) is 4.48. The zero-order valence-electron chi connectivity index (χ0n) is 20.3. The molecule has 3 rings (SSSR count). The number of rotatable bonds is 11. The van der Waals surface area contributed by atoms with E-state index in [-0.39, 0.29) is 17.3 Å². The summed E-state index contributed by atoms with van der Waals surface area (Å²) in [5.41, 5.74) is 1.12. The molecule has 0 saturated carbocycles. The first kappa shape index (κ1) is 27.2. The Morgan fingerprint density at radius 1 is 0.889 bits per heavy atom. The number of hydrogen-bond acceptors (Lipinski definition) is 4. The van der Waals surface area contributed by atoms with Gasteiger partial charge in [-0.25, -0.2) is 8.42 Å². The summed E-state index contributed by atoms with van der Waals surface area (Å²) in [6.45, 7) is 3.69. The van der Waals surface area contributed by atoms with Crippen LogP contribution in [-0.2, 0) is 26.2 Å². The fraction of sp³-hybridized carbons (Fsp3) is 0.259. The lowest BCUT2D eigenvalue weighted by molar-refractivity contribution is -0.140. The standard InChI is InChI=1S/C27H30ClN3O4S/c1-3-25(27(33)29-4-2)30(19-21-15-17-22(28)18-16-21)26(32)20-31(23-11-7-5-8-12-23)36(34,35)24-13-9-6-10-14-24/h5-18,25H,3-4,19-20H2,1-2H3,(H,29,33). The van der Waals surface area contributed by atoms with E-state index in [1.54, 1.807) is 79.7 Å². The van der Waals surface area contributed by atoms with Gasteiger partial charge in [-0.15, -0.1) is 0 Å². The summed E-state index contributed by atoms with van der Waals surface area (Å²) in [7, 11) is -4.06. The van der Waals surface area contributed by atoms with Crippen molar-refractivity contribution in [2.75, 3.05) is 17.4 Å². The summed E-state index contributed by atoms with van der Waals surface area (Å²) < 4.78 is 28.3. The normalized spacial score (nSPS) is 12.0. The molecule has 0 saturated heterocycles. The Hall–Kier alpha value is -3.36. The molecule has 36 heavy (non-hydrogen) atoms. The number of amides is 2. The van der Waals surface area contributed by atoms with Crippen molar-refractivity contribution in [3.63, 3.8) is 0 Å². The van der Waals surface area contributed by atoms with Crippen LogP contribution in [0.1, 0.15) is 25.8 Å². The van der Waals surface area contributed by atoms with Gasteiger partial charge in [-0.05, 0) is 55.3 Å². The van der Waals surface area contributed by atoms with Crippen LogP contribution < -0.4 is 9.62 Å². The fourth-order valence-electron chi connectivity index (χ4n) is 3.84. The number of anilines is 1. The Morgan fingerprint density at radius 2 is 1.47 bits per heavy atom. The number of likely N-dealkylation sites (N-methyl/N-ethyl adjacent to an activating group) is 1. The molecule has 0 aliphatic carbocycles. The van der Waals surface area contributed by atoms with Crippen molar-refractivity contribution in [2.45, 2.75) is 37.8 Å². The van der Waals surface area contributed by atoms with Crippen molar-refractivity contribution in [1.29, 1.82) is 0 Å². The topological polar surface area (TPSA) is 86.8 Å². The first-order valence-electron chi connectivity index (χ1n) is 11.7. The summed E-state index contributed by atoms with van der Waals surface area (Å²) >= 11 is 6.02. The van der Waals surface area contributed by atoms with Crippen LogP contribution in [-0.4, -0.2) is 44.3 Å². The van der Waals surface area contributed by atoms with Gasteiger partial charge in [0.2, 0.25) is 11.8 Å².